The fourth-order valence-corrected chi connectivity index (χ4v) is 9.12. The summed E-state index contributed by atoms with van der Waals surface area (Å²) in [5.41, 5.74) is 19.9. The second kappa shape index (κ2) is 60.1. The lowest BCUT2D eigenvalue weighted by Crippen LogP contribution is -2.38. The largest absolute Gasteiger partial charge is 0.445 e. The lowest BCUT2D eigenvalue weighted by Gasteiger charge is -2.21. The quantitative estimate of drug-likeness (QED) is 0.0197. The number of thioether (sulfide) groups is 2. The van der Waals surface area contributed by atoms with Gasteiger partial charge in [-0.3, -0.25) is 57.7 Å². The van der Waals surface area contributed by atoms with E-state index in [0.717, 1.165) is 16.9 Å². The minimum atomic E-state index is -0.555. The van der Waals surface area contributed by atoms with Crippen molar-refractivity contribution in [2.75, 3.05) is 110 Å². The van der Waals surface area contributed by atoms with Gasteiger partial charge in [0.25, 0.3) is 0 Å². The molecular weight excluding hydrogens is 1200 g/mol. The number of benzene rings is 1. The first-order chi connectivity index (χ1) is 42.7. The van der Waals surface area contributed by atoms with E-state index in [2.05, 4.69) is 65.1 Å². The van der Waals surface area contributed by atoms with Crippen molar-refractivity contribution in [2.45, 2.75) is 129 Å². The Morgan fingerprint density at radius 3 is 1.56 bits per heavy atom. The molecule has 13 amide bonds. The molecule has 0 spiro atoms. The van der Waals surface area contributed by atoms with Crippen molar-refractivity contribution in [3.63, 3.8) is 0 Å². The molecule has 1 aromatic carbocycles. The Balaban J connectivity index is -0.000000775. The molecule has 0 bridgehead atoms. The topological polar surface area (TPSA) is 422 Å². The summed E-state index contributed by atoms with van der Waals surface area (Å²) in [5.74, 6) is -2.09. The third kappa shape index (κ3) is 46.0. The summed E-state index contributed by atoms with van der Waals surface area (Å²) < 4.78 is 26.5. The number of carbonyl (C=O) groups is 12. The van der Waals surface area contributed by atoms with Crippen LogP contribution < -0.4 is 49.5 Å². The van der Waals surface area contributed by atoms with E-state index in [0.29, 0.717) is 103 Å². The highest BCUT2D eigenvalue weighted by atomic mass is 32.2. The average Bonchev–Trinajstić information content (AvgIpc) is 2.35. The Bertz CT molecular complexity index is 2150. The van der Waals surface area contributed by atoms with Gasteiger partial charge in [0.05, 0.1) is 63.4 Å². The number of primary amides is 4. The summed E-state index contributed by atoms with van der Waals surface area (Å²) in [4.78, 5) is 139. The van der Waals surface area contributed by atoms with Crippen LogP contribution in [-0.4, -0.2) is 198 Å². The molecule has 0 aromatic heterocycles. The maximum absolute atomic E-state index is 13.1. The van der Waals surface area contributed by atoms with E-state index in [1.165, 1.54) is 35.5 Å². The molecule has 0 saturated carbocycles. The summed E-state index contributed by atoms with van der Waals surface area (Å²) >= 11 is 2.67. The Hall–Kier alpha value is -6.86. The maximum atomic E-state index is 13.1. The molecule has 28 nitrogen and oxygen atoms in total. The van der Waals surface area contributed by atoms with E-state index >= 15 is 0 Å². The van der Waals surface area contributed by atoms with E-state index in [-0.39, 0.29) is 136 Å². The molecule has 3 rings (SSSR count). The molecular formula is C59H105N11O17S2. The summed E-state index contributed by atoms with van der Waals surface area (Å²) in [6, 6.07) is 6.60. The molecule has 510 valence electrons. The van der Waals surface area contributed by atoms with Crippen molar-refractivity contribution in [3.8, 4) is 0 Å². The third-order valence-corrected chi connectivity index (χ3v) is 13.9. The van der Waals surface area contributed by atoms with Crippen molar-refractivity contribution >= 4 is 101 Å². The lowest BCUT2D eigenvalue weighted by atomic mass is 9.92. The number of rotatable bonds is 39. The number of nitrogens with two attached hydrogens (primary N) is 4. The average molecular weight is 1300 g/mol. The van der Waals surface area contributed by atoms with E-state index in [4.69, 9.17) is 44.7 Å². The molecule has 0 aliphatic carbocycles. The first kappa shape index (κ1) is 88.6. The van der Waals surface area contributed by atoms with Crippen LogP contribution in [0.15, 0.2) is 37.4 Å². The standard InChI is InChI=1S/C32H53N5O11S2.C19H30N4O4.2C2H6.C2H4.2CH3NO/c1-49-24-21-28(40)36(31(24)43)11-6-23(5-3-4-9-34-27(39)7-12-37-29(41)22-25(50-2)32(37)44)30(42)35-10-14-46-16-18-48-20-19-47-17-15-45-13-8-26(33)38;1-13(2)11-15(5-4-10-22-18(20)25)17(24)23-16-8-6-14(7-9-16)12-27-19(26)21-3;3*1-2;2*2-1-3/h23-25H,3-22H2,1-2H3,(H2,33,38)(H,34,39)(H,35,42);6-9,13,15H,4-5,10-12H2,1-3H3,(H,21,26)(H,23,24)(H3,20,22,25);2*1-2H3;1-2H2;2*1H,(H2,2,3). The van der Waals surface area contributed by atoms with Gasteiger partial charge >= 0.3 is 12.1 Å². The molecule has 2 aliphatic rings. The van der Waals surface area contributed by atoms with Crippen LogP contribution >= 0.6 is 23.5 Å². The van der Waals surface area contributed by atoms with Crippen LogP contribution in [0.5, 0.6) is 0 Å². The predicted octanol–water partition coefficient (Wildman–Crippen LogP) is 3.36. The first-order valence-corrected chi connectivity index (χ1v) is 32.3. The van der Waals surface area contributed by atoms with Gasteiger partial charge in [-0.05, 0) is 74.7 Å². The van der Waals surface area contributed by atoms with Gasteiger partial charge in [-0.1, -0.05) is 60.1 Å². The van der Waals surface area contributed by atoms with Crippen LogP contribution in [0.25, 0.3) is 0 Å². The number of amides is 13. The Morgan fingerprint density at radius 2 is 1.10 bits per heavy atom. The highest BCUT2D eigenvalue weighted by Gasteiger charge is 2.39. The number of nitrogens with one attached hydrogen (secondary N) is 5. The van der Waals surface area contributed by atoms with Gasteiger partial charge in [0.2, 0.25) is 60.1 Å². The van der Waals surface area contributed by atoms with E-state index in [1.807, 2.05) is 27.7 Å². The zero-order chi connectivity index (χ0) is 68.4. The molecule has 2 saturated heterocycles. The fraction of sp³-hybridized carbons (Fsp3) is 0.661. The molecule has 4 atom stereocenters. The van der Waals surface area contributed by atoms with Crippen molar-refractivity contribution in [1.29, 1.82) is 0 Å². The minimum Gasteiger partial charge on any atom is -0.445 e. The Kier molecular flexibility index (Phi) is 59.8. The molecule has 30 heteroatoms. The van der Waals surface area contributed by atoms with Crippen LogP contribution in [0.1, 0.15) is 118 Å². The summed E-state index contributed by atoms with van der Waals surface area (Å²) in [5, 5.41) is 12.8. The van der Waals surface area contributed by atoms with Gasteiger partial charge in [0.15, 0.2) is 0 Å². The van der Waals surface area contributed by atoms with Crippen LogP contribution in [0, 0.1) is 17.8 Å². The molecule has 0 radical (unpaired) electrons. The summed E-state index contributed by atoms with van der Waals surface area (Å²) in [7, 11) is 1.50. The number of likely N-dealkylation sites (tertiary alicyclic amines) is 2. The second-order valence-corrected chi connectivity index (χ2v) is 20.8. The molecule has 2 aliphatic heterocycles. The highest BCUT2D eigenvalue weighted by molar-refractivity contribution is 8.00. The van der Waals surface area contributed by atoms with E-state index < -0.39 is 23.9 Å². The van der Waals surface area contributed by atoms with Crippen LogP contribution in [0.2, 0.25) is 0 Å². The molecule has 4 unspecified atom stereocenters. The minimum absolute atomic E-state index is 0.0266. The molecule has 1 aromatic rings. The third-order valence-electron chi connectivity index (χ3n) is 12.0. The van der Waals surface area contributed by atoms with Gasteiger partial charge in [-0.25, -0.2) is 9.59 Å². The number of urea groups is 1. The maximum Gasteiger partial charge on any atom is 0.407 e. The second-order valence-electron chi connectivity index (χ2n) is 18.7. The fourth-order valence-electron chi connectivity index (χ4n) is 7.84. The SMILES string of the molecule is C=C.CC.CC.CNC(=O)OCc1ccc(NC(=O)C(CCCNC(N)=O)CC(C)C)cc1.CSC1CC(=O)N(CCC(=O)NCCCCC(CCN2C(=O)CC(SC)C2=O)C(=O)NCCOCCOCCOCCOCCC(N)=O)C1=O.NC=O.NC=O. The lowest BCUT2D eigenvalue weighted by molar-refractivity contribution is -0.140. The Labute approximate surface area is 534 Å². The van der Waals surface area contributed by atoms with Crippen molar-refractivity contribution < 1.29 is 81.2 Å². The van der Waals surface area contributed by atoms with Gasteiger partial charge in [-0.15, -0.1) is 13.2 Å². The number of nitrogens with zero attached hydrogens (tertiary/aromatic N) is 2. The number of alkyl carbamates (subject to hydrolysis) is 1. The number of imide groups is 2. The van der Waals surface area contributed by atoms with Gasteiger partial charge in [0, 0.05) is 83.0 Å². The van der Waals surface area contributed by atoms with Crippen LogP contribution in [0.3, 0.4) is 0 Å². The number of carbonyl (C=O) groups excluding carboxylic acids is 12. The zero-order valence-electron chi connectivity index (χ0n) is 53.9. The Morgan fingerprint density at radius 1 is 0.629 bits per heavy atom. The zero-order valence-corrected chi connectivity index (χ0v) is 55.5. The van der Waals surface area contributed by atoms with Gasteiger partial charge < -0.3 is 73.2 Å². The smallest absolute Gasteiger partial charge is 0.407 e. The van der Waals surface area contributed by atoms with E-state index in [9.17, 15) is 47.9 Å². The number of ether oxygens (including phenoxy) is 5. The summed E-state index contributed by atoms with van der Waals surface area (Å²) in [6.07, 6.45) is 8.25. The number of hydrogen-bond acceptors (Lipinski definition) is 19. The number of unbranched alkanes of at least 4 members (excludes halogenated alkanes) is 1. The van der Waals surface area contributed by atoms with Gasteiger partial charge in [-0.2, -0.15) is 23.5 Å². The molecule has 13 N–H and O–H groups in total. The van der Waals surface area contributed by atoms with E-state index in [1.54, 1.807) is 36.8 Å². The molecule has 2 heterocycles. The van der Waals surface area contributed by atoms with Crippen molar-refractivity contribution in [2.24, 2.45) is 40.7 Å². The van der Waals surface area contributed by atoms with Crippen molar-refractivity contribution in [3.05, 3.63) is 43.0 Å². The van der Waals surface area contributed by atoms with Crippen LogP contribution in [0.4, 0.5) is 15.3 Å². The monoisotopic (exact) mass is 1300 g/mol. The number of anilines is 1. The van der Waals surface area contributed by atoms with Gasteiger partial charge in [0.1, 0.15) is 6.61 Å². The molecule has 2 fully saturated rings. The highest BCUT2D eigenvalue weighted by Crippen LogP contribution is 2.26. The molecule has 89 heavy (non-hydrogen) atoms. The number of hydrogen-bond donors (Lipinski definition) is 9. The van der Waals surface area contributed by atoms with Crippen LogP contribution in [-0.2, 0) is 78.2 Å². The normalized spacial score (nSPS) is 14.2. The predicted molar refractivity (Wildman–Crippen MR) is 345 cm³/mol. The van der Waals surface area contributed by atoms with Crippen molar-refractivity contribution in [1.82, 2.24) is 31.1 Å². The summed E-state index contributed by atoms with van der Waals surface area (Å²) in [6.45, 7) is 22.4. The first-order valence-electron chi connectivity index (χ1n) is 29.7.